The van der Waals surface area contributed by atoms with Crippen LogP contribution in [0.3, 0.4) is 0 Å². The van der Waals surface area contributed by atoms with E-state index in [1.807, 2.05) is 28.8 Å². The average Bonchev–Trinajstić information content (AvgIpc) is 3.14. The Morgan fingerprint density at radius 3 is 3.00 bits per heavy atom. The maximum atomic E-state index is 12.2. The molecule has 2 aromatic carbocycles. The standard InChI is InChI=1S/C16H13N3O3/c20-16(8-19-9-17-12-3-1-2-4-13(12)19)18-11-5-6-14-15(7-11)22-10-21-14/h1-7,9H,8,10H2,(H,18,20). The molecular weight excluding hydrogens is 282 g/mol. The highest BCUT2D eigenvalue weighted by Gasteiger charge is 2.14. The van der Waals surface area contributed by atoms with Crippen molar-refractivity contribution in [3.8, 4) is 11.5 Å². The topological polar surface area (TPSA) is 65.4 Å². The molecule has 3 aromatic rings. The molecule has 0 spiro atoms. The highest BCUT2D eigenvalue weighted by atomic mass is 16.7. The fourth-order valence-corrected chi connectivity index (χ4v) is 2.47. The van der Waals surface area contributed by atoms with Crippen LogP contribution in [0.15, 0.2) is 48.8 Å². The van der Waals surface area contributed by atoms with Crippen molar-refractivity contribution < 1.29 is 14.3 Å². The van der Waals surface area contributed by atoms with E-state index in [0.29, 0.717) is 17.2 Å². The highest BCUT2D eigenvalue weighted by Crippen LogP contribution is 2.34. The van der Waals surface area contributed by atoms with E-state index in [2.05, 4.69) is 10.3 Å². The Balaban J connectivity index is 1.51. The Bertz CT molecular complexity index is 857. The Labute approximate surface area is 126 Å². The van der Waals surface area contributed by atoms with E-state index in [-0.39, 0.29) is 19.2 Å². The van der Waals surface area contributed by atoms with Crippen molar-refractivity contribution in [2.45, 2.75) is 6.54 Å². The summed E-state index contributed by atoms with van der Waals surface area (Å²) in [6, 6.07) is 13.0. The van der Waals surface area contributed by atoms with Gasteiger partial charge < -0.3 is 19.4 Å². The van der Waals surface area contributed by atoms with Crippen molar-refractivity contribution in [1.29, 1.82) is 0 Å². The van der Waals surface area contributed by atoms with Crippen LogP contribution in [0.1, 0.15) is 0 Å². The number of benzene rings is 2. The van der Waals surface area contributed by atoms with E-state index >= 15 is 0 Å². The summed E-state index contributed by atoms with van der Waals surface area (Å²) in [5, 5.41) is 2.85. The van der Waals surface area contributed by atoms with Gasteiger partial charge in [-0.05, 0) is 24.3 Å². The second-order valence-electron chi connectivity index (χ2n) is 4.98. The molecule has 110 valence electrons. The van der Waals surface area contributed by atoms with E-state index in [4.69, 9.17) is 9.47 Å². The summed E-state index contributed by atoms with van der Waals surface area (Å²) in [5.74, 6) is 1.21. The molecule has 0 atom stereocenters. The van der Waals surface area contributed by atoms with Crippen molar-refractivity contribution >= 4 is 22.6 Å². The van der Waals surface area contributed by atoms with Gasteiger partial charge in [0, 0.05) is 11.8 Å². The van der Waals surface area contributed by atoms with Crippen LogP contribution in [0.2, 0.25) is 0 Å². The van der Waals surface area contributed by atoms with Crippen LogP contribution in [0.4, 0.5) is 5.69 Å². The van der Waals surface area contributed by atoms with Gasteiger partial charge in [-0.1, -0.05) is 12.1 Å². The molecule has 0 radical (unpaired) electrons. The third-order valence-electron chi connectivity index (χ3n) is 3.50. The van der Waals surface area contributed by atoms with Gasteiger partial charge in [0.2, 0.25) is 12.7 Å². The third-order valence-corrected chi connectivity index (χ3v) is 3.50. The van der Waals surface area contributed by atoms with E-state index in [1.54, 1.807) is 24.5 Å². The largest absolute Gasteiger partial charge is 0.454 e. The van der Waals surface area contributed by atoms with Gasteiger partial charge in [-0.2, -0.15) is 0 Å². The number of aromatic nitrogens is 2. The Kier molecular flexibility index (Phi) is 2.93. The number of hydrogen-bond donors (Lipinski definition) is 1. The number of nitrogens with one attached hydrogen (secondary N) is 1. The number of nitrogens with zero attached hydrogens (tertiary/aromatic N) is 2. The molecule has 4 rings (SSSR count). The molecule has 0 saturated heterocycles. The summed E-state index contributed by atoms with van der Waals surface area (Å²) in [4.78, 5) is 16.5. The van der Waals surface area contributed by atoms with Gasteiger partial charge in [-0.15, -0.1) is 0 Å². The molecule has 22 heavy (non-hydrogen) atoms. The number of imidazole rings is 1. The number of hydrogen-bond acceptors (Lipinski definition) is 4. The molecule has 1 aromatic heterocycles. The predicted octanol–water partition coefficient (Wildman–Crippen LogP) is 2.40. The van der Waals surface area contributed by atoms with Gasteiger partial charge in [0.15, 0.2) is 11.5 Å². The molecule has 2 heterocycles. The van der Waals surface area contributed by atoms with Crippen LogP contribution < -0.4 is 14.8 Å². The van der Waals surface area contributed by atoms with Crippen molar-refractivity contribution in [2.24, 2.45) is 0 Å². The molecular formula is C16H13N3O3. The third kappa shape index (κ3) is 2.24. The first-order valence-electron chi connectivity index (χ1n) is 6.89. The first-order chi connectivity index (χ1) is 10.8. The average molecular weight is 295 g/mol. The van der Waals surface area contributed by atoms with Gasteiger partial charge in [-0.25, -0.2) is 4.98 Å². The highest BCUT2D eigenvalue weighted by molar-refractivity contribution is 5.92. The van der Waals surface area contributed by atoms with Crippen LogP contribution in [0.25, 0.3) is 11.0 Å². The van der Waals surface area contributed by atoms with E-state index in [9.17, 15) is 4.79 Å². The number of anilines is 1. The molecule has 6 nitrogen and oxygen atoms in total. The Hall–Kier alpha value is -3.02. The number of para-hydroxylation sites is 2. The Morgan fingerprint density at radius 2 is 2.05 bits per heavy atom. The van der Waals surface area contributed by atoms with E-state index < -0.39 is 0 Å². The summed E-state index contributed by atoms with van der Waals surface area (Å²) in [7, 11) is 0. The predicted molar refractivity (Wildman–Crippen MR) is 80.9 cm³/mol. The van der Waals surface area contributed by atoms with Crippen molar-refractivity contribution in [2.75, 3.05) is 12.1 Å². The quantitative estimate of drug-likeness (QED) is 0.806. The van der Waals surface area contributed by atoms with Crippen molar-refractivity contribution in [3.05, 3.63) is 48.8 Å². The lowest BCUT2D eigenvalue weighted by Gasteiger charge is -2.07. The second-order valence-corrected chi connectivity index (χ2v) is 4.98. The molecule has 1 aliphatic rings. The maximum Gasteiger partial charge on any atom is 0.244 e. The molecule has 0 bridgehead atoms. The van der Waals surface area contributed by atoms with Crippen LogP contribution in [0.5, 0.6) is 11.5 Å². The van der Waals surface area contributed by atoms with Crippen LogP contribution in [-0.4, -0.2) is 22.3 Å². The zero-order valence-corrected chi connectivity index (χ0v) is 11.7. The fourth-order valence-electron chi connectivity index (χ4n) is 2.47. The van der Waals surface area contributed by atoms with Crippen molar-refractivity contribution in [3.63, 3.8) is 0 Å². The van der Waals surface area contributed by atoms with Crippen molar-refractivity contribution in [1.82, 2.24) is 9.55 Å². The molecule has 0 aliphatic carbocycles. The molecule has 1 N–H and O–H groups in total. The Morgan fingerprint density at radius 1 is 1.18 bits per heavy atom. The molecule has 6 heteroatoms. The van der Waals surface area contributed by atoms with Gasteiger partial charge >= 0.3 is 0 Å². The minimum atomic E-state index is -0.123. The van der Waals surface area contributed by atoms with Crippen LogP contribution in [0, 0.1) is 0 Å². The molecule has 1 amide bonds. The summed E-state index contributed by atoms with van der Waals surface area (Å²) < 4.78 is 12.4. The molecule has 0 unspecified atom stereocenters. The maximum absolute atomic E-state index is 12.2. The molecule has 0 saturated carbocycles. The van der Waals surface area contributed by atoms with Gasteiger partial charge in [0.1, 0.15) is 6.54 Å². The number of amides is 1. The zero-order valence-electron chi connectivity index (χ0n) is 11.7. The first-order valence-corrected chi connectivity index (χ1v) is 6.89. The first kappa shape index (κ1) is 12.7. The second kappa shape index (κ2) is 5.07. The number of carbonyl (C=O) groups excluding carboxylic acids is 1. The monoisotopic (exact) mass is 295 g/mol. The molecule has 0 fully saturated rings. The minimum Gasteiger partial charge on any atom is -0.454 e. The lowest BCUT2D eigenvalue weighted by molar-refractivity contribution is -0.116. The fraction of sp³-hybridized carbons (Fsp3) is 0.125. The summed E-state index contributed by atoms with van der Waals surface area (Å²) in [6.45, 7) is 0.419. The number of carbonyl (C=O) groups is 1. The molecule has 1 aliphatic heterocycles. The van der Waals surface area contributed by atoms with Gasteiger partial charge in [-0.3, -0.25) is 4.79 Å². The van der Waals surface area contributed by atoms with Crippen LogP contribution >= 0.6 is 0 Å². The lowest BCUT2D eigenvalue weighted by atomic mass is 10.2. The summed E-state index contributed by atoms with van der Waals surface area (Å²) >= 11 is 0. The zero-order chi connectivity index (χ0) is 14.9. The van der Waals surface area contributed by atoms with Gasteiger partial charge in [0.25, 0.3) is 0 Å². The summed E-state index contributed by atoms with van der Waals surface area (Å²) in [6.07, 6.45) is 1.67. The number of ether oxygens (including phenoxy) is 2. The summed E-state index contributed by atoms with van der Waals surface area (Å²) in [5.41, 5.74) is 2.49. The minimum absolute atomic E-state index is 0.123. The number of fused-ring (bicyclic) bond motifs is 2. The lowest BCUT2D eigenvalue weighted by Crippen LogP contribution is -2.18. The van der Waals surface area contributed by atoms with Gasteiger partial charge in [0.05, 0.1) is 17.4 Å². The number of rotatable bonds is 3. The van der Waals surface area contributed by atoms with Crippen LogP contribution in [-0.2, 0) is 11.3 Å². The SMILES string of the molecule is O=C(Cn1cnc2ccccc21)Nc1ccc2c(c1)OCO2. The smallest absolute Gasteiger partial charge is 0.244 e. The van der Waals surface area contributed by atoms with E-state index in [1.165, 1.54) is 0 Å². The normalized spacial score (nSPS) is 12.5. The van der Waals surface area contributed by atoms with E-state index in [0.717, 1.165) is 11.0 Å².